The fourth-order valence-corrected chi connectivity index (χ4v) is 1.31. The van der Waals surface area contributed by atoms with Gasteiger partial charge in [0.25, 0.3) is 0 Å². The minimum absolute atomic E-state index is 0.0615. The predicted octanol–water partition coefficient (Wildman–Crippen LogP) is 1.43. The second-order valence-electron chi connectivity index (χ2n) is 4.13. The van der Waals surface area contributed by atoms with Crippen molar-refractivity contribution in [1.29, 1.82) is 0 Å². The highest BCUT2D eigenvalue weighted by Gasteiger charge is 2.11. The van der Waals surface area contributed by atoms with Crippen LogP contribution in [0.2, 0.25) is 0 Å². The molecular formula is C11H17N3O2. The van der Waals surface area contributed by atoms with Gasteiger partial charge in [-0.1, -0.05) is 13.8 Å². The van der Waals surface area contributed by atoms with Crippen LogP contribution >= 0.6 is 0 Å². The lowest BCUT2D eigenvalue weighted by Crippen LogP contribution is -2.26. The van der Waals surface area contributed by atoms with E-state index in [1.807, 2.05) is 20.8 Å². The maximum absolute atomic E-state index is 10.6. The summed E-state index contributed by atoms with van der Waals surface area (Å²) in [5.41, 5.74) is 0.853. The van der Waals surface area contributed by atoms with Gasteiger partial charge < -0.3 is 10.0 Å². The van der Waals surface area contributed by atoms with Gasteiger partial charge in [0.15, 0.2) is 0 Å². The third-order valence-electron chi connectivity index (χ3n) is 2.14. The number of nitrogens with zero attached hydrogens (tertiary/aromatic N) is 3. The number of aromatic nitrogens is 2. The highest BCUT2D eigenvalue weighted by Crippen LogP contribution is 2.15. The van der Waals surface area contributed by atoms with Crippen molar-refractivity contribution < 1.29 is 9.90 Å². The minimum Gasteiger partial charge on any atom is -0.480 e. The number of rotatable bonds is 4. The Morgan fingerprint density at radius 2 is 2.12 bits per heavy atom. The quantitative estimate of drug-likeness (QED) is 0.836. The highest BCUT2D eigenvalue weighted by atomic mass is 16.4. The minimum atomic E-state index is -0.870. The molecule has 1 heterocycles. The molecule has 0 bridgehead atoms. The molecule has 0 radical (unpaired) electrons. The number of hydrogen-bond donors (Lipinski definition) is 1. The van der Waals surface area contributed by atoms with Gasteiger partial charge in [-0.3, -0.25) is 4.79 Å². The van der Waals surface area contributed by atoms with Gasteiger partial charge >= 0.3 is 5.97 Å². The molecule has 5 nitrogen and oxygen atoms in total. The van der Waals surface area contributed by atoms with Crippen LogP contribution in [0.1, 0.15) is 31.3 Å². The van der Waals surface area contributed by atoms with E-state index in [9.17, 15) is 4.79 Å². The largest absolute Gasteiger partial charge is 0.480 e. The second kappa shape index (κ2) is 4.92. The van der Waals surface area contributed by atoms with Gasteiger partial charge in [0, 0.05) is 24.7 Å². The van der Waals surface area contributed by atoms with Crippen molar-refractivity contribution in [2.24, 2.45) is 0 Å². The molecule has 16 heavy (non-hydrogen) atoms. The van der Waals surface area contributed by atoms with Crippen LogP contribution in [0.15, 0.2) is 6.07 Å². The van der Waals surface area contributed by atoms with Crippen LogP contribution in [0.4, 0.5) is 5.82 Å². The van der Waals surface area contributed by atoms with E-state index in [-0.39, 0.29) is 12.5 Å². The summed E-state index contributed by atoms with van der Waals surface area (Å²) in [6.45, 7) is 5.84. The number of aryl methyl sites for hydroxylation is 1. The zero-order chi connectivity index (χ0) is 12.3. The normalized spacial score (nSPS) is 10.6. The summed E-state index contributed by atoms with van der Waals surface area (Å²) in [7, 11) is 1.71. The maximum atomic E-state index is 10.6. The maximum Gasteiger partial charge on any atom is 0.323 e. The highest BCUT2D eigenvalue weighted by molar-refractivity contribution is 5.72. The van der Waals surface area contributed by atoms with E-state index < -0.39 is 5.97 Å². The number of carboxylic acid groups (broad SMARTS) is 1. The molecule has 1 rings (SSSR count). The Labute approximate surface area is 95.1 Å². The summed E-state index contributed by atoms with van der Waals surface area (Å²) < 4.78 is 0. The van der Waals surface area contributed by atoms with Gasteiger partial charge in [0.2, 0.25) is 0 Å². The Kier molecular flexibility index (Phi) is 3.82. The first-order chi connectivity index (χ1) is 7.40. The third kappa shape index (κ3) is 3.18. The molecule has 0 unspecified atom stereocenters. The number of aliphatic carboxylic acids is 1. The molecule has 0 amide bonds. The van der Waals surface area contributed by atoms with E-state index in [0.29, 0.717) is 5.82 Å². The summed E-state index contributed by atoms with van der Waals surface area (Å²) >= 11 is 0. The van der Waals surface area contributed by atoms with E-state index in [2.05, 4.69) is 9.97 Å². The molecule has 0 fully saturated rings. The first kappa shape index (κ1) is 12.4. The lowest BCUT2D eigenvalue weighted by atomic mass is 10.2. The number of carboxylic acids is 1. The first-order valence-electron chi connectivity index (χ1n) is 5.18. The number of anilines is 1. The molecule has 1 aromatic heterocycles. The van der Waals surface area contributed by atoms with Gasteiger partial charge in [0.1, 0.15) is 18.2 Å². The van der Waals surface area contributed by atoms with Crippen LogP contribution in [0.25, 0.3) is 0 Å². The molecule has 1 aromatic rings. The van der Waals surface area contributed by atoms with Crippen molar-refractivity contribution in [3.63, 3.8) is 0 Å². The van der Waals surface area contributed by atoms with E-state index >= 15 is 0 Å². The Hall–Kier alpha value is -1.65. The van der Waals surface area contributed by atoms with Crippen molar-refractivity contribution >= 4 is 11.8 Å². The number of likely N-dealkylation sites (N-methyl/N-ethyl adjacent to an activating group) is 1. The summed E-state index contributed by atoms with van der Waals surface area (Å²) in [6.07, 6.45) is 0. The van der Waals surface area contributed by atoms with Crippen molar-refractivity contribution in [3.05, 3.63) is 17.6 Å². The van der Waals surface area contributed by atoms with Gasteiger partial charge in [-0.25, -0.2) is 9.97 Å². The molecule has 5 heteroatoms. The Morgan fingerprint density at radius 3 is 2.62 bits per heavy atom. The van der Waals surface area contributed by atoms with Gasteiger partial charge in [0.05, 0.1) is 0 Å². The standard InChI is InChI=1S/C11H17N3O2/c1-7(2)11-12-8(3)5-9(13-11)14(4)6-10(15)16/h5,7H,6H2,1-4H3,(H,15,16). The number of hydrogen-bond acceptors (Lipinski definition) is 4. The smallest absolute Gasteiger partial charge is 0.323 e. The molecular weight excluding hydrogens is 206 g/mol. The summed E-state index contributed by atoms with van der Waals surface area (Å²) in [4.78, 5) is 20.8. The lowest BCUT2D eigenvalue weighted by molar-refractivity contribution is -0.135. The molecule has 0 aliphatic carbocycles. The molecule has 0 aromatic carbocycles. The zero-order valence-electron chi connectivity index (χ0n) is 10.1. The average molecular weight is 223 g/mol. The van der Waals surface area contributed by atoms with Crippen LogP contribution in [0.5, 0.6) is 0 Å². The molecule has 88 valence electrons. The Bertz CT molecular complexity index is 391. The molecule has 0 spiro atoms. The molecule has 0 atom stereocenters. The average Bonchev–Trinajstić information content (AvgIpc) is 2.15. The predicted molar refractivity (Wildman–Crippen MR) is 61.8 cm³/mol. The molecule has 0 aliphatic rings. The van der Waals surface area contributed by atoms with Crippen LogP contribution in [-0.4, -0.2) is 34.6 Å². The monoisotopic (exact) mass is 223 g/mol. The Morgan fingerprint density at radius 1 is 1.50 bits per heavy atom. The van der Waals surface area contributed by atoms with Gasteiger partial charge in [-0.15, -0.1) is 0 Å². The van der Waals surface area contributed by atoms with E-state index in [1.165, 1.54) is 0 Å². The van der Waals surface area contributed by atoms with Crippen LogP contribution in [0, 0.1) is 6.92 Å². The fraction of sp³-hybridized carbons (Fsp3) is 0.545. The Balaban J connectivity index is 2.99. The summed E-state index contributed by atoms with van der Waals surface area (Å²) in [5.74, 6) is 0.757. The summed E-state index contributed by atoms with van der Waals surface area (Å²) in [5, 5.41) is 8.71. The van der Waals surface area contributed by atoms with Crippen LogP contribution < -0.4 is 4.90 Å². The van der Waals surface area contributed by atoms with Crippen molar-refractivity contribution in [1.82, 2.24) is 9.97 Å². The molecule has 0 saturated carbocycles. The van der Waals surface area contributed by atoms with E-state index in [1.54, 1.807) is 18.0 Å². The van der Waals surface area contributed by atoms with Crippen LogP contribution in [-0.2, 0) is 4.79 Å². The molecule has 1 N–H and O–H groups in total. The van der Waals surface area contributed by atoms with E-state index in [0.717, 1.165) is 11.5 Å². The topological polar surface area (TPSA) is 66.3 Å². The third-order valence-corrected chi connectivity index (χ3v) is 2.14. The molecule has 0 saturated heterocycles. The lowest BCUT2D eigenvalue weighted by Gasteiger charge is -2.17. The fourth-order valence-electron chi connectivity index (χ4n) is 1.31. The number of carbonyl (C=O) groups is 1. The SMILES string of the molecule is Cc1cc(N(C)CC(=O)O)nc(C(C)C)n1. The zero-order valence-corrected chi connectivity index (χ0v) is 10.1. The second-order valence-corrected chi connectivity index (χ2v) is 4.13. The van der Waals surface area contributed by atoms with Crippen molar-refractivity contribution in [2.45, 2.75) is 26.7 Å². The van der Waals surface area contributed by atoms with Crippen molar-refractivity contribution in [3.8, 4) is 0 Å². The van der Waals surface area contributed by atoms with Crippen molar-refractivity contribution in [2.75, 3.05) is 18.5 Å². The van der Waals surface area contributed by atoms with E-state index in [4.69, 9.17) is 5.11 Å². The molecule has 0 aliphatic heterocycles. The first-order valence-corrected chi connectivity index (χ1v) is 5.18. The van der Waals surface area contributed by atoms with Crippen LogP contribution in [0.3, 0.4) is 0 Å². The summed E-state index contributed by atoms with van der Waals surface area (Å²) in [6, 6.07) is 1.79. The van der Waals surface area contributed by atoms with Gasteiger partial charge in [-0.2, -0.15) is 0 Å². The van der Waals surface area contributed by atoms with Gasteiger partial charge in [-0.05, 0) is 6.92 Å².